The van der Waals surface area contributed by atoms with Gasteiger partial charge in [0, 0.05) is 7.11 Å². The van der Waals surface area contributed by atoms with E-state index in [1.54, 1.807) is 19.2 Å². The Morgan fingerprint density at radius 1 is 1.10 bits per heavy atom. The summed E-state index contributed by atoms with van der Waals surface area (Å²) in [5.41, 5.74) is 0.463. The second-order valence-electron chi connectivity index (χ2n) is 5.61. The maximum absolute atomic E-state index is 12.5. The minimum Gasteiger partial charge on any atom is -0.381 e. The average molecular weight is 298 g/mol. The van der Waals surface area contributed by atoms with Crippen molar-refractivity contribution in [3.05, 3.63) is 47.5 Å². The van der Waals surface area contributed by atoms with Crippen molar-refractivity contribution in [1.82, 2.24) is 0 Å². The van der Waals surface area contributed by atoms with Gasteiger partial charge in [0.2, 0.25) is 0 Å². The van der Waals surface area contributed by atoms with Crippen LogP contribution in [0.2, 0.25) is 0 Å². The average Bonchev–Trinajstić information content (AvgIpc) is 2.48. The van der Waals surface area contributed by atoms with Crippen molar-refractivity contribution in [2.75, 3.05) is 13.7 Å². The number of allylic oxidation sites excluding steroid dienone is 1. The molecule has 1 saturated carbocycles. The second kappa shape index (κ2) is 7.12. The fourth-order valence-corrected chi connectivity index (χ4v) is 2.93. The predicted molar refractivity (Wildman–Crippen MR) is 77.2 cm³/mol. The molecular formula is C17H21F3O. The zero-order valence-electron chi connectivity index (χ0n) is 12.2. The van der Waals surface area contributed by atoms with Crippen molar-refractivity contribution in [3.63, 3.8) is 0 Å². The van der Waals surface area contributed by atoms with Crippen LogP contribution in [0, 0.1) is 5.92 Å². The van der Waals surface area contributed by atoms with E-state index in [2.05, 4.69) is 6.08 Å². The smallest absolute Gasteiger partial charge is 0.381 e. The number of hydrogen-bond donors (Lipinski definition) is 0. The Bertz CT molecular complexity index is 454. The highest BCUT2D eigenvalue weighted by Gasteiger charge is 2.30. The van der Waals surface area contributed by atoms with Crippen molar-refractivity contribution < 1.29 is 17.9 Å². The summed E-state index contributed by atoms with van der Waals surface area (Å²) < 4.78 is 42.6. The third kappa shape index (κ3) is 4.60. The van der Waals surface area contributed by atoms with Crippen molar-refractivity contribution >= 4 is 0 Å². The van der Waals surface area contributed by atoms with Gasteiger partial charge in [0.1, 0.15) is 0 Å². The van der Waals surface area contributed by atoms with Gasteiger partial charge in [0.15, 0.2) is 0 Å². The van der Waals surface area contributed by atoms with Crippen LogP contribution in [-0.4, -0.2) is 13.7 Å². The van der Waals surface area contributed by atoms with Gasteiger partial charge in [-0.15, -0.1) is 0 Å². The molecule has 1 fully saturated rings. The number of benzene rings is 1. The Hall–Kier alpha value is -1.29. The second-order valence-corrected chi connectivity index (χ2v) is 5.61. The fraction of sp³-hybridized carbons (Fsp3) is 0.529. The molecule has 0 saturated heterocycles. The molecule has 0 N–H and O–H groups in total. The first kappa shape index (κ1) is 16.1. The third-order valence-electron chi connectivity index (χ3n) is 4.15. The SMILES string of the molecule is COC/C=C/[C@H]1CC[C@H](c2ccc(C(F)(F)F)cc2)CC1. The molecule has 0 radical (unpaired) electrons. The normalized spacial score (nSPS) is 23.6. The van der Waals surface area contributed by atoms with E-state index in [0.29, 0.717) is 18.4 Å². The van der Waals surface area contributed by atoms with Gasteiger partial charge in [0.05, 0.1) is 12.2 Å². The monoisotopic (exact) mass is 298 g/mol. The number of ether oxygens (including phenoxy) is 1. The number of hydrogen-bond acceptors (Lipinski definition) is 1. The van der Waals surface area contributed by atoms with E-state index in [-0.39, 0.29) is 0 Å². The molecule has 1 aromatic carbocycles. The predicted octanol–water partition coefficient (Wildman–Crippen LogP) is 5.18. The van der Waals surface area contributed by atoms with Crippen LogP contribution in [0.4, 0.5) is 13.2 Å². The van der Waals surface area contributed by atoms with Crippen LogP contribution in [0.5, 0.6) is 0 Å². The van der Waals surface area contributed by atoms with Gasteiger partial charge in [-0.2, -0.15) is 13.2 Å². The third-order valence-corrected chi connectivity index (χ3v) is 4.15. The van der Waals surface area contributed by atoms with Crippen molar-refractivity contribution in [3.8, 4) is 0 Å². The summed E-state index contributed by atoms with van der Waals surface area (Å²) >= 11 is 0. The molecule has 4 heteroatoms. The van der Waals surface area contributed by atoms with Crippen molar-refractivity contribution in [2.45, 2.75) is 37.8 Å². The van der Waals surface area contributed by atoms with E-state index in [4.69, 9.17) is 4.74 Å². The molecule has 0 atom stereocenters. The molecular weight excluding hydrogens is 277 g/mol. The standard InChI is InChI=1S/C17H21F3O/c1-21-12-2-3-13-4-6-14(7-5-13)15-8-10-16(11-9-15)17(18,19)20/h2-3,8-11,13-14H,4-7,12H2,1H3/b3-2+/t13-,14-. The summed E-state index contributed by atoms with van der Waals surface area (Å²) in [4.78, 5) is 0. The van der Waals surface area contributed by atoms with Crippen LogP contribution >= 0.6 is 0 Å². The molecule has 0 heterocycles. The van der Waals surface area contributed by atoms with E-state index in [1.807, 2.05) is 6.08 Å². The molecule has 21 heavy (non-hydrogen) atoms. The first-order valence-corrected chi connectivity index (χ1v) is 7.33. The Kier molecular flexibility index (Phi) is 5.45. The minimum atomic E-state index is -4.25. The van der Waals surface area contributed by atoms with Gasteiger partial charge in [-0.3, -0.25) is 0 Å². The van der Waals surface area contributed by atoms with Gasteiger partial charge in [-0.1, -0.05) is 24.3 Å². The molecule has 1 aliphatic rings. The first-order chi connectivity index (χ1) is 10.0. The Morgan fingerprint density at radius 2 is 1.71 bits per heavy atom. The van der Waals surface area contributed by atoms with Crippen LogP contribution in [0.15, 0.2) is 36.4 Å². The van der Waals surface area contributed by atoms with Gasteiger partial charge in [0.25, 0.3) is 0 Å². The number of halogens is 3. The largest absolute Gasteiger partial charge is 0.416 e. The fourth-order valence-electron chi connectivity index (χ4n) is 2.93. The van der Waals surface area contributed by atoms with E-state index >= 15 is 0 Å². The molecule has 0 aromatic heterocycles. The molecule has 1 nitrogen and oxygen atoms in total. The molecule has 0 bridgehead atoms. The lowest BCUT2D eigenvalue weighted by molar-refractivity contribution is -0.137. The maximum atomic E-state index is 12.5. The zero-order chi connectivity index (χ0) is 15.3. The number of alkyl halides is 3. The number of rotatable bonds is 4. The Morgan fingerprint density at radius 3 is 2.24 bits per heavy atom. The summed E-state index contributed by atoms with van der Waals surface area (Å²) in [7, 11) is 1.67. The molecule has 2 rings (SSSR count). The molecule has 0 amide bonds. The van der Waals surface area contributed by atoms with Crippen LogP contribution in [-0.2, 0) is 10.9 Å². The van der Waals surface area contributed by atoms with E-state index in [0.717, 1.165) is 31.2 Å². The maximum Gasteiger partial charge on any atom is 0.416 e. The minimum absolute atomic E-state index is 0.388. The zero-order valence-corrected chi connectivity index (χ0v) is 12.2. The lowest BCUT2D eigenvalue weighted by Crippen LogP contribution is -2.12. The van der Waals surface area contributed by atoms with E-state index in [9.17, 15) is 13.2 Å². The quantitative estimate of drug-likeness (QED) is 0.696. The van der Waals surface area contributed by atoms with Crippen molar-refractivity contribution in [1.29, 1.82) is 0 Å². The van der Waals surface area contributed by atoms with Gasteiger partial charge < -0.3 is 4.74 Å². The van der Waals surface area contributed by atoms with Crippen molar-refractivity contribution in [2.24, 2.45) is 5.92 Å². The van der Waals surface area contributed by atoms with Gasteiger partial charge in [-0.25, -0.2) is 0 Å². The van der Waals surface area contributed by atoms with Crippen LogP contribution in [0.1, 0.15) is 42.7 Å². The molecule has 1 aliphatic carbocycles. The summed E-state index contributed by atoms with van der Waals surface area (Å²) in [6.45, 7) is 0.638. The Labute approximate surface area is 123 Å². The van der Waals surface area contributed by atoms with E-state index in [1.165, 1.54) is 12.1 Å². The summed E-state index contributed by atoms with van der Waals surface area (Å²) in [5, 5.41) is 0. The summed E-state index contributed by atoms with van der Waals surface area (Å²) in [6, 6.07) is 5.66. The van der Waals surface area contributed by atoms with Gasteiger partial charge >= 0.3 is 6.18 Å². The van der Waals surface area contributed by atoms with E-state index < -0.39 is 11.7 Å². The lowest BCUT2D eigenvalue weighted by atomic mass is 9.78. The highest BCUT2D eigenvalue weighted by Crippen LogP contribution is 2.37. The van der Waals surface area contributed by atoms with Crippen LogP contribution in [0.25, 0.3) is 0 Å². The highest BCUT2D eigenvalue weighted by molar-refractivity contribution is 5.27. The highest BCUT2D eigenvalue weighted by atomic mass is 19.4. The topological polar surface area (TPSA) is 9.23 Å². The molecule has 0 unspecified atom stereocenters. The first-order valence-electron chi connectivity index (χ1n) is 7.33. The molecule has 0 spiro atoms. The Balaban J connectivity index is 1.90. The van der Waals surface area contributed by atoms with Crippen LogP contribution in [0.3, 0.4) is 0 Å². The summed E-state index contributed by atoms with van der Waals surface area (Å²) in [6.07, 6.45) is 4.25. The molecule has 1 aromatic rings. The molecule has 116 valence electrons. The van der Waals surface area contributed by atoms with Crippen LogP contribution < -0.4 is 0 Å². The summed E-state index contributed by atoms with van der Waals surface area (Å²) in [5.74, 6) is 0.963. The van der Waals surface area contributed by atoms with Gasteiger partial charge in [-0.05, 0) is 55.2 Å². The lowest BCUT2D eigenvalue weighted by Gasteiger charge is -2.27. The number of methoxy groups -OCH3 is 1. The molecule has 0 aliphatic heterocycles.